The highest BCUT2D eigenvalue weighted by Gasteiger charge is 2.27. The van der Waals surface area contributed by atoms with Gasteiger partial charge in [0.05, 0.1) is 4.90 Å². The van der Waals surface area contributed by atoms with Gasteiger partial charge in [-0.3, -0.25) is 4.90 Å². The number of sulfonamides is 1. The predicted octanol–water partition coefficient (Wildman–Crippen LogP) is 2.91. The Kier molecular flexibility index (Phi) is 5.39. The Labute approximate surface area is 165 Å². The number of aromatic nitrogens is 1. The first-order valence-electron chi connectivity index (χ1n) is 9.51. The molecule has 2 heterocycles. The van der Waals surface area contributed by atoms with Gasteiger partial charge in [-0.25, -0.2) is 13.1 Å². The van der Waals surface area contributed by atoms with E-state index in [1.807, 2.05) is 43.5 Å². The van der Waals surface area contributed by atoms with Crippen molar-refractivity contribution in [3.63, 3.8) is 0 Å². The third-order valence-electron chi connectivity index (χ3n) is 5.10. The highest BCUT2D eigenvalue weighted by molar-refractivity contribution is 7.89. The molecule has 28 heavy (non-hydrogen) atoms. The number of hydrogen-bond donors (Lipinski definition) is 2. The molecule has 0 aliphatic carbocycles. The Hall–Kier alpha value is -2.35. The maximum absolute atomic E-state index is 12.6. The van der Waals surface area contributed by atoms with Crippen LogP contribution in [0.1, 0.15) is 12.0 Å². The summed E-state index contributed by atoms with van der Waals surface area (Å²) in [5.41, 5.74) is 2.00. The van der Waals surface area contributed by atoms with Crippen LogP contribution in [0.2, 0.25) is 0 Å². The first-order chi connectivity index (χ1) is 13.5. The van der Waals surface area contributed by atoms with E-state index >= 15 is 0 Å². The Bertz CT molecular complexity index is 1060. The van der Waals surface area contributed by atoms with Crippen molar-refractivity contribution in [1.82, 2.24) is 14.6 Å². The van der Waals surface area contributed by atoms with E-state index in [9.17, 15) is 8.42 Å². The lowest BCUT2D eigenvalue weighted by atomic mass is 10.2. The minimum atomic E-state index is -3.48. The second-order valence-electron chi connectivity index (χ2n) is 7.30. The lowest BCUT2D eigenvalue weighted by Gasteiger charge is -2.17. The van der Waals surface area contributed by atoms with Crippen molar-refractivity contribution < 1.29 is 13.2 Å². The van der Waals surface area contributed by atoms with Gasteiger partial charge in [-0.1, -0.05) is 12.1 Å². The van der Waals surface area contributed by atoms with Gasteiger partial charge in [0.2, 0.25) is 10.0 Å². The van der Waals surface area contributed by atoms with Crippen molar-refractivity contribution in [3.05, 3.63) is 60.3 Å². The summed E-state index contributed by atoms with van der Waals surface area (Å²) in [5, 5.41) is 1.16. The van der Waals surface area contributed by atoms with Crippen molar-refractivity contribution in [3.8, 4) is 5.75 Å². The van der Waals surface area contributed by atoms with Crippen molar-refractivity contribution in [2.75, 3.05) is 26.2 Å². The Balaban J connectivity index is 1.27. The summed E-state index contributed by atoms with van der Waals surface area (Å²) < 4.78 is 33.9. The molecular formula is C21H25N3O3S. The Morgan fingerprint density at radius 2 is 2.11 bits per heavy atom. The molecule has 1 saturated heterocycles. The van der Waals surface area contributed by atoms with Crippen LogP contribution in [-0.2, 0) is 10.0 Å². The molecule has 7 heteroatoms. The van der Waals surface area contributed by atoms with Gasteiger partial charge < -0.3 is 9.72 Å². The molecule has 0 radical (unpaired) electrons. The summed E-state index contributed by atoms with van der Waals surface area (Å²) >= 11 is 0. The van der Waals surface area contributed by atoms with E-state index in [1.54, 1.807) is 18.2 Å². The van der Waals surface area contributed by atoms with Gasteiger partial charge in [0.1, 0.15) is 12.4 Å². The number of fused-ring (bicyclic) bond motifs is 1. The molecule has 1 aliphatic heterocycles. The van der Waals surface area contributed by atoms with Crippen molar-refractivity contribution in [2.24, 2.45) is 0 Å². The van der Waals surface area contributed by atoms with Crippen LogP contribution in [0.5, 0.6) is 5.75 Å². The monoisotopic (exact) mass is 399 g/mol. The zero-order valence-electron chi connectivity index (χ0n) is 15.9. The Morgan fingerprint density at radius 1 is 1.21 bits per heavy atom. The van der Waals surface area contributed by atoms with Crippen LogP contribution in [0.4, 0.5) is 0 Å². The first kappa shape index (κ1) is 19.0. The fourth-order valence-electron chi connectivity index (χ4n) is 3.61. The number of nitrogens with one attached hydrogen (secondary N) is 2. The molecule has 6 nitrogen and oxygen atoms in total. The number of aryl methyl sites for hydroxylation is 1. The van der Waals surface area contributed by atoms with Gasteiger partial charge in [0.15, 0.2) is 0 Å². The second kappa shape index (κ2) is 7.95. The van der Waals surface area contributed by atoms with E-state index in [4.69, 9.17) is 4.74 Å². The molecule has 0 spiro atoms. The number of aromatic amines is 1. The van der Waals surface area contributed by atoms with Crippen LogP contribution >= 0.6 is 0 Å². The normalized spacial score (nSPS) is 18.0. The molecule has 2 N–H and O–H groups in total. The van der Waals surface area contributed by atoms with E-state index < -0.39 is 10.0 Å². The number of likely N-dealkylation sites (tertiary alicyclic amines) is 1. The molecular weight excluding hydrogens is 374 g/mol. The number of ether oxygens (including phenoxy) is 1. The highest BCUT2D eigenvalue weighted by atomic mass is 32.2. The zero-order valence-corrected chi connectivity index (χ0v) is 16.7. The summed E-state index contributed by atoms with van der Waals surface area (Å²) in [6.45, 7) is 4.79. The van der Waals surface area contributed by atoms with E-state index in [0.29, 0.717) is 18.0 Å². The topological polar surface area (TPSA) is 74.4 Å². The summed E-state index contributed by atoms with van der Waals surface area (Å²) in [6, 6.07) is 15.0. The minimum absolute atomic E-state index is 0.0687. The van der Waals surface area contributed by atoms with Crippen LogP contribution in [0.25, 0.3) is 10.9 Å². The third-order valence-corrected chi connectivity index (χ3v) is 6.61. The molecule has 1 unspecified atom stereocenters. The lowest BCUT2D eigenvalue weighted by Crippen LogP contribution is -2.37. The summed E-state index contributed by atoms with van der Waals surface area (Å²) in [7, 11) is -3.48. The van der Waals surface area contributed by atoms with E-state index in [1.165, 1.54) is 0 Å². The quantitative estimate of drug-likeness (QED) is 0.641. The zero-order chi connectivity index (χ0) is 19.6. The Morgan fingerprint density at radius 3 is 2.96 bits per heavy atom. The molecule has 4 rings (SSSR count). The van der Waals surface area contributed by atoms with Gasteiger partial charge in [-0.15, -0.1) is 0 Å². The van der Waals surface area contributed by atoms with Gasteiger partial charge in [0, 0.05) is 36.9 Å². The smallest absolute Gasteiger partial charge is 0.240 e. The third kappa shape index (κ3) is 4.38. The predicted molar refractivity (Wildman–Crippen MR) is 110 cm³/mol. The van der Waals surface area contributed by atoms with Gasteiger partial charge in [-0.05, 0) is 61.2 Å². The van der Waals surface area contributed by atoms with E-state index in [2.05, 4.69) is 14.6 Å². The van der Waals surface area contributed by atoms with Gasteiger partial charge in [0.25, 0.3) is 0 Å². The highest BCUT2D eigenvalue weighted by Crippen LogP contribution is 2.20. The molecule has 0 saturated carbocycles. The molecule has 1 aliphatic rings. The van der Waals surface area contributed by atoms with Crippen molar-refractivity contribution in [2.45, 2.75) is 24.3 Å². The summed E-state index contributed by atoms with van der Waals surface area (Å²) in [6.07, 6.45) is 2.72. The fraction of sp³-hybridized carbons (Fsp3) is 0.333. The lowest BCUT2D eigenvalue weighted by molar-refractivity contribution is 0.236. The number of hydrogen-bond acceptors (Lipinski definition) is 4. The van der Waals surface area contributed by atoms with Crippen LogP contribution in [0.3, 0.4) is 0 Å². The molecule has 3 aromatic rings. The number of benzene rings is 2. The van der Waals surface area contributed by atoms with Crippen LogP contribution in [-0.4, -0.2) is 50.6 Å². The first-order valence-corrected chi connectivity index (χ1v) is 11.0. The minimum Gasteiger partial charge on any atom is -0.492 e. The average Bonchev–Trinajstić information content (AvgIpc) is 3.30. The number of nitrogens with zero attached hydrogens (tertiary/aromatic N) is 1. The molecule has 0 bridgehead atoms. The maximum Gasteiger partial charge on any atom is 0.240 e. The largest absolute Gasteiger partial charge is 0.492 e. The SMILES string of the molecule is Cc1cccc(S(=O)(=O)NC2CCN(CCOc3ccc4cc[nH]c4c3)C2)c1. The van der Waals surface area contributed by atoms with Crippen LogP contribution < -0.4 is 9.46 Å². The summed E-state index contributed by atoms with van der Waals surface area (Å²) in [5.74, 6) is 0.839. The molecule has 1 fully saturated rings. The summed E-state index contributed by atoms with van der Waals surface area (Å²) in [4.78, 5) is 5.74. The number of H-pyrrole nitrogens is 1. The second-order valence-corrected chi connectivity index (χ2v) is 9.01. The van der Waals surface area contributed by atoms with Gasteiger partial charge in [-0.2, -0.15) is 0 Å². The van der Waals surface area contributed by atoms with E-state index in [0.717, 1.165) is 41.7 Å². The van der Waals surface area contributed by atoms with Crippen molar-refractivity contribution in [1.29, 1.82) is 0 Å². The van der Waals surface area contributed by atoms with Crippen LogP contribution in [0, 0.1) is 6.92 Å². The van der Waals surface area contributed by atoms with E-state index in [-0.39, 0.29) is 6.04 Å². The van der Waals surface area contributed by atoms with Crippen molar-refractivity contribution >= 4 is 20.9 Å². The molecule has 2 aromatic carbocycles. The number of rotatable bonds is 7. The standard InChI is InChI=1S/C21H25N3O3S/c1-16-3-2-4-20(13-16)28(25,26)23-18-8-10-24(15-18)11-12-27-19-6-5-17-7-9-22-21(17)14-19/h2-7,9,13-14,18,22-23H,8,10-12,15H2,1H3. The van der Waals surface area contributed by atoms with Gasteiger partial charge >= 0.3 is 0 Å². The maximum atomic E-state index is 12.6. The molecule has 148 valence electrons. The molecule has 0 amide bonds. The molecule has 1 aromatic heterocycles. The fourth-order valence-corrected chi connectivity index (χ4v) is 4.98. The van der Waals surface area contributed by atoms with Crippen LogP contribution in [0.15, 0.2) is 59.6 Å². The average molecular weight is 400 g/mol. The molecule has 1 atom stereocenters.